The number of likely N-dealkylation sites (N-methyl/N-ethyl adjacent to an activating group) is 1. The summed E-state index contributed by atoms with van der Waals surface area (Å²) in [5.74, 6) is -9.04. The Morgan fingerprint density at radius 1 is 1.18 bits per heavy atom. The lowest BCUT2D eigenvalue weighted by Crippen LogP contribution is -2.65. The molecule has 0 aromatic heterocycles. The summed E-state index contributed by atoms with van der Waals surface area (Å²) in [7, 11) is 4.49. The van der Waals surface area contributed by atoms with Gasteiger partial charge in [-0.3, -0.25) is 24.2 Å². The number of alkyl halides is 3. The van der Waals surface area contributed by atoms with Crippen molar-refractivity contribution in [1.29, 1.82) is 0 Å². The lowest BCUT2D eigenvalue weighted by atomic mass is 9.57. The Kier molecular flexibility index (Phi) is 7.09. The summed E-state index contributed by atoms with van der Waals surface area (Å²) in [6.45, 7) is 3.42. The van der Waals surface area contributed by atoms with Crippen LogP contribution in [0.4, 0.5) is 13.2 Å². The maximum Gasteiger partial charge on any atom is 0.417 e. The predicted octanol–water partition coefficient (Wildman–Crippen LogP) is 1.82. The van der Waals surface area contributed by atoms with Gasteiger partial charge in [-0.1, -0.05) is 0 Å². The molecule has 10 nitrogen and oxygen atoms in total. The molecule has 6 N–H and O–H groups in total. The van der Waals surface area contributed by atoms with Crippen molar-refractivity contribution >= 4 is 23.2 Å². The maximum absolute atomic E-state index is 14.5. The van der Waals surface area contributed by atoms with Gasteiger partial charge in [-0.15, -0.1) is 0 Å². The molecule has 0 saturated heterocycles. The zero-order valence-electron chi connectivity index (χ0n) is 22.6. The number of hydrogen-bond acceptors (Lipinski definition) is 9. The number of primary amides is 1. The third kappa shape index (κ3) is 4.18. The second-order valence-corrected chi connectivity index (χ2v) is 11.3. The van der Waals surface area contributed by atoms with E-state index in [0.717, 1.165) is 6.07 Å². The molecule has 0 aliphatic heterocycles. The van der Waals surface area contributed by atoms with E-state index in [1.165, 1.54) is 19.0 Å². The van der Waals surface area contributed by atoms with Crippen LogP contribution in [0, 0.1) is 11.8 Å². The van der Waals surface area contributed by atoms with Crippen LogP contribution in [0.5, 0.6) is 5.75 Å². The zero-order valence-corrected chi connectivity index (χ0v) is 22.6. The van der Waals surface area contributed by atoms with Crippen molar-refractivity contribution in [3.8, 4) is 5.75 Å². The molecule has 1 amide bonds. The molecule has 1 saturated carbocycles. The molecule has 3 aliphatic rings. The molecule has 0 heterocycles. The van der Waals surface area contributed by atoms with Crippen molar-refractivity contribution in [3.05, 3.63) is 45.2 Å². The van der Waals surface area contributed by atoms with E-state index in [2.05, 4.69) is 0 Å². The Bertz CT molecular complexity index is 1380. The van der Waals surface area contributed by atoms with Crippen molar-refractivity contribution in [1.82, 2.24) is 9.80 Å². The van der Waals surface area contributed by atoms with Crippen LogP contribution < -0.4 is 5.73 Å². The van der Waals surface area contributed by atoms with E-state index in [0.29, 0.717) is 0 Å². The van der Waals surface area contributed by atoms with Gasteiger partial charge < -0.3 is 26.2 Å². The fourth-order valence-electron chi connectivity index (χ4n) is 6.31. The van der Waals surface area contributed by atoms with Gasteiger partial charge in [0.25, 0.3) is 5.91 Å². The van der Waals surface area contributed by atoms with Crippen molar-refractivity contribution in [2.75, 3.05) is 21.1 Å². The summed E-state index contributed by atoms with van der Waals surface area (Å²) in [5, 5.41) is 44.4. The van der Waals surface area contributed by atoms with Gasteiger partial charge >= 0.3 is 6.18 Å². The average molecular weight is 568 g/mol. The normalized spacial score (nSPS) is 26.9. The smallest absolute Gasteiger partial charge is 0.417 e. The van der Waals surface area contributed by atoms with E-state index >= 15 is 0 Å². The minimum absolute atomic E-state index is 0.120. The number of nitrogens with zero attached hydrogens (tertiary/aromatic N) is 2. The average Bonchev–Trinajstić information content (AvgIpc) is 2.79. The molecule has 0 radical (unpaired) electrons. The SMILES string of the molecule is CC(C)N(C)Cc1cc(O)c2c(c1C(F)(F)F)C[C@H]1C[C@H]3[C@H](N(C)C)C(=O)C(C(N)=O)=C(O)[C@@]3(O)C(=O)C1=C2O. The summed E-state index contributed by atoms with van der Waals surface area (Å²) < 4.78 is 43.6. The Morgan fingerprint density at radius 3 is 2.27 bits per heavy atom. The fourth-order valence-corrected chi connectivity index (χ4v) is 6.31. The molecule has 1 aromatic carbocycles. The third-order valence-corrected chi connectivity index (χ3v) is 8.39. The number of nitrogens with two attached hydrogens (primary N) is 1. The molecule has 4 atom stereocenters. The lowest BCUT2D eigenvalue weighted by Gasteiger charge is -2.50. The van der Waals surface area contributed by atoms with Crippen LogP contribution in [-0.2, 0) is 33.5 Å². The highest BCUT2D eigenvalue weighted by molar-refractivity contribution is 6.24. The number of phenols is 1. The predicted molar refractivity (Wildman–Crippen MR) is 136 cm³/mol. The lowest BCUT2D eigenvalue weighted by molar-refractivity contribution is -0.153. The molecule has 0 unspecified atom stereocenters. The van der Waals surface area contributed by atoms with Gasteiger partial charge in [-0.2, -0.15) is 13.2 Å². The van der Waals surface area contributed by atoms with Crippen LogP contribution >= 0.6 is 0 Å². The van der Waals surface area contributed by atoms with E-state index in [1.54, 1.807) is 25.8 Å². The monoisotopic (exact) mass is 567 g/mol. The number of Topliss-reactive ketones (excluding diaryl/α,β-unsaturated/α-hetero) is 2. The Labute approximate surface area is 228 Å². The highest BCUT2D eigenvalue weighted by Gasteiger charge is 2.64. The minimum Gasteiger partial charge on any atom is -0.508 e. The molecular weight excluding hydrogens is 535 g/mol. The molecule has 40 heavy (non-hydrogen) atoms. The van der Waals surface area contributed by atoms with Gasteiger partial charge in [0.15, 0.2) is 11.4 Å². The number of aliphatic hydroxyl groups excluding tert-OH is 2. The fraction of sp³-hybridized carbons (Fsp3) is 0.519. The number of rotatable bonds is 5. The number of aromatic hydroxyl groups is 1. The molecular formula is C27H32F3N3O7. The zero-order chi connectivity index (χ0) is 30.2. The minimum atomic E-state index is -4.88. The van der Waals surface area contributed by atoms with Crippen molar-refractivity contribution < 1.29 is 48.0 Å². The number of carbonyl (C=O) groups excluding carboxylic acids is 3. The summed E-state index contributed by atoms with van der Waals surface area (Å²) in [4.78, 5) is 42.0. The van der Waals surface area contributed by atoms with E-state index in [9.17, 15) is 48.0 Å². The number of halogens is 3. The number of aliphatic hydroxyl groups is 3. The number of fused-ring (bicyclic) bond motifs is 3. The Balaban J connectivity index is 1.99. The topological polar surface area (TPSA) is 165 Å². The summed E-state index contributed by atoms with van der Waals surface area (Å²) >= 11 is 0. The number of phenolic OH excluding ortho intramolecular Hbond substituents is 1. The third-order valence-electron chi connectivity index (χ3n) is 8.39. The van der Waals surface area contributed by atoms with Crippen LogP contribution in [0.3, 0.4) is 0 Å². The molecule has 1 aromatic rings. The quantitative estimate of drug-likeness (QED) is 0.334. The number of amides is 1. The number of hydrogen-bond donors (Lipinski definition) is 5. The van der Waals surface area contributed by atoms with Crippen LogP contribution in [0.1, 0.15) is 42.5 Å². The van der Waals surface area contributed by atoms with Crippen molar-refractivity contribution in [2.24, 2.45) is 17.6 Å². The second-order valence-electron chi connectivity index (χ2n) is 11.3. The standard InChI is InChI=1S/C27H32F3N3O7/c1-10(2)33(5)9-12-8-15(34)17-13(19(12)27(28,29)30)6-11-7-14-20(32(3)4)22(36)18(25(31)39)24(38)26(14,40)23(37)16(11)21(17)35/h8,10-11,14,20,34-35,38,40H,6-7,9H2,1-5H3,(H2,31,39)/t11-,14-,20-,26-/m0/s1. The molecule has 3 aliphatic carbocycles. The summed E-state index contributed by atoms with van der Waals surface area (Å²) in [6.07, 6.45) is -5.64. The molecule has 4 rings (SSSR count). The number of ketones is 2. The molecule has 0 bridgehead atoms. The molecule has 0 spiro atoms. The van der Waals surface area contributed by atoms with Gasteiger partial charge in [-0.05, 0) is 70.9 Å². The Hall–Kier alpha value is -3.42. The van der Waals surface area contributed by atoms with E-state index in [1.807, 2.05) is 0 Å². The van der Waals surface area contributed by atoms with Gasteiger partial charge in [0.05, 0.1) is 17.2 Å². The largest absolute Gasteiger partial charge is 0.508 e. The highest BCUT2D eigenvalue weighted by Crippen LogP contribution is 2.54. The van der Waals surface area contributed by atoms with Gasteiger partial charge in [0.1, 0.15) is 22.8 Å². The number of carbonyl (C=O) groups is 3. The van der Waals surface area contributed by atoms with Crippen molar-refractivity contribution in [2.45, 2.75) is 57.1 Å². The first kappa shape index (κ1) is 29.6. The van der Waals surface area contributed by atoms with Crippen LogP contribution in [-0.4, -0.2) is 86.5 Å². The first-order valence-corrected chi connectivity index (χ1v) is 12.6. The van der Waals surface area contributed by atoms with Gasteiger partial charge in [-0.25, -0.2) is 0 Å². The molecule has 13 heteroatoms. The second kappa shape index (κ2) is 9.60. The van der Waals surface area contributed by atoms with E-state index in [4.69, 9.17) is 5.73 Å². The highest BCUT2D eigenvalue weighted by atomic mass is 19.4. The van der Waals surface area contributed by atoms with Crippen LogP contribution in [0.15, 0.2) is 23.0 Å². The Morgan fingerprint density at radius 2 is 1.77 bits per heavy atom. The first-order chi connectivity index (χ1) is 18.3. The number of benzene rings is 1. The van der Waals surface area contributed by atoms with E-state index < -0.39 is 98.7 Å². The summed E-state index contributed by atoms with van der Waals surface area (Å²) in [5.41, 5.74) is -1.35. The molecule has 218 valence electrons. The van der Waals surface area contributed by atoms with Crippen LogP contribution in [0.2, 0.25) is 0 Å². The maximum atomic E-state index is 14.5. The summed E-state index contributed by atoms with van der Waals surface area (Å²) in [6, 6.07) is -0.559. The van der Waals surface area contributed by atoms with Gasteiger partial charge in [0.2, 0.25) is 5.78 Å². The van der Waals surface area contributed by atoms with Crippen LogP contribution in [0.25, 0.3) is 5.76 Å². The van der Waals surface area contributed by atoms with Crippen molar-refractivity contribution in [3.63, 3.8) is 0 Å². The van der Waals surface area contributed by atoms with Gasteiger partial charge in [0, 0.05) is 24.1 Å². The first-order valence-electron chi connectivity index (χ1n) is 12.6. The molecule has 1 fully saturated rings. The van der Waals surface area contributed by atoms with E-state index in [-0.39, 0.29) is 24.6 Å².